The molecule has 7 heteroatoms. The molecule has 0 radical (unpaired) electrons. The number of nitro groups is 1. The van der Waals surface area contributed by atoms with Crippen molar-refractivity contribution in [3.8, 4) is 0 Å². The number of aliphatic imine (C=N–C) groups is 1. The average Bonchev–Trinajstić information content (AvgIpc) is 3.05. The molecular formula is C22H14BrN3O3. The summed E-state index contributed by atoms with van der Waals surface area (Å²) in [6.07, 6.45) is 1.63. The van der Waals surface area contributed by atoms with Crippen molar-refractivity contribution in [1.29, 1.82) is 0 Å². The molecule has 0 saturated heterocycles. The Bertz CT molecular complexity index is 1140. The fraction of sp³-hybridized carbons (Fsp3) is 0. The summed E-state index contributed by atoms with van der Waals surface area (Å²) < 4.78 is 0.930. The van der Waals surface area contributed by atoms with Crippen molar-refractivity contribution >= 4 is 45.1 Å². The number of benzene rings is 3. The van der Waals surface area contributed by atoms with Crippen LogP contribution >= 0.6 is 15.9 Å². The Morgan fingerprint density at radius 2 is 1.59 bits per heavy atom. The Morgan fingerprint density at radius 3 is 2.21 bits per heavy atom. The quantitative estimate of drug-likeness (QED) is 0.313. The number of nitrogens with zero attached hydrogens (tertiary/aromatic N) is 3. The summed E-state index contributed by atoms with van der Waals surface area (Å²) in [6.45, 7) is 0. The fourth-order valence-electron chi connectivity index (χ4n) is 2.98. The Balaban J connectivity index is 1.77. The van der Waals surface area contributed by atoms with Gasteiger partial charge >= 0.3 is 0 Å². The van der Waals surface area contributed by atoms with Crippen LogP contribution in [0.25, 0.3) is 6.08 Å². The van der Waals surface area contributed by atoms with E-state index in [0.29, 0.717) is 17.1 Å². The summed E-state index contributed by atoms with van der Waals surface area (Å²) in [4.78, 5) is 29.7. The lowest BCUT2D eigenvalue weighted by molar-refractivity contribution is -0.384. The Kier molecular flexibility index (Phi) is 5.05. The van der Waals surface area contributed by atoms with Gasteiger partial charge in [-0.25, -0.2) is 4.99 Å². The van der Waals surface area contributed by atoms with Gasteiger partial charge in [0.1, 0.15) is 11.5 Å². The van der Waals surface area contributed by atoms with Gasteiger partial charge in [-0.05, 0) is 48.0 Å². The van der Waals surface area contributed by atoms with Crippen LogP contribution in [-0.4, -0.2) is 16.7 Å². The molecule has 0 unspecified atom stereocenters. The van der Waals surface area contributed by atoms with E-state index in [4.69, 9.17) is 0 Å². The molecule has 0 spiro atoms. The number of amides is 1. The molecule has 1 aliphatic rings. The van der Waals surface area contributed by atoms with E-state index in [0.717, 1.165) is 10.0 Å². The van der Waals surface area contributed by atoms with Gasteiger partial charge in [0.15, 0.2) is 0 Å². The highest BCUT2D eigenvalue weighted by atomic mass is 79.9. The van der Waals surface area contributed by atoms with Crippen molar-refractivity contribution in [3.05, 3.63) is 110 Å². The van der Waals surface area contributed by atoms with Crippen molar-refractivity contribution < 1.29 is 9.72 Å². The van der Waals surface area contributed by atoms with Crippen molar-refractivity contribution in [2.75, 3.05) is 4.90 Å². The van der Waals surface area contributed by atoms with Gasteiger partial charge in [-0.1, -0.05) is 46.3 Å². The van der Waals surface area contributed by atoms with E-state index >= 15 is 0 Å². The predicted octanol–water partition coefficient (Wildman–Crippen LogP) is 5.19. The minimum atomic E-state index is -0.460. The third-order valence-corrected chi connectivity index (χ3v) is 4.91. The number of anilines is 1. The molecule has 3 aromatic rings. The van der Waals surface area contributed by atoms with E-state index in [2.05, 4.69) is 20.9 Å². The molecule has 0 N–H and O–H groups in total. The van der Waals surface area contributed by atoms with Crippen LogP contribution in [0.3, 0.4) is 0 Å². The minimum Gasteiger partial charge on any atom is -0.266 e. The number of halogens is 1. The lowest BCUT2D eigenvalue weighted by Gasteiger charge is -2.18. The van der Waals surface area contributed by atoms with E-state index in [1.807, 2.05) is 54.6 Å². The number of carbonyl (C=O) groups excluding carboxylic acids is 1. The van der Waals surface area contributed by atoms with Gasteiger partial charge in [-0.15, -0.1) is 0 Å². The first kappa shape index (κ1) is 18.8. The molecule has 0 saturated carbocycles. The molecule has 1 amide bonds. The predicted molar refractivity (Wildman–Crippen MR) is 116 cm³/mol. The van der Waals surface area contributed by atoms with Crippen LogP contribution < -0.4 is 4.90 Å². The molecule has 0 fully saturated rings. The summed E-state index contributed by atoms with van der Waals surface area (Å²) in [5.41, 5.74) is 2.44. The van der Waals surface area contributed by atoms with Crippen molar-refractivity contribution in [2.24, 2.45) is 4.99 Å². The van der Waals surface area contributed by atoms with Gasteiger partial charge in [-0.2, -0.15) is 0 Å². The zero-order valence-electron chi connectivity index (χ0n) is 15.0. The second-order valence-electron chi connectivity index (χ2n) is 6.30. The van der Waals surface area contributed by atoms with Crippen LogP contribution in [0.1, 0.15) is 11.1 Å². The minimum absolute atomic E-state index is 0.00476. The standard InChI is InChI=1S/C22H14BrN3O3/c23-17-10-8-16(9-11-17)21-24-20(14-15-6-12-19(13-7-15)26(28)29)22(27)25(21)18-4-2-1-3-5-18/h1-14H/b20-14+. The average molecular weight is 448 g/mol. The number of hydrogen-bond donors (Lipinski definition) is 0. The molecule has 0 bridgehead atoms. The van der Waals surface area contributed by atoms with E-state index < -0.39 is 4.92 Å². The smallest absolute Gasteiger partial charge is 0.266 e. The van der Waals surface area contributed by atoms with E-state index in [-0.39, 0.29) is 17.3 Å². The van der Waals surface area contributed by atoms with Gasteiger partial charge in [0, 0.05) is 22.2 Å². The third-order valence-electron chi connectivity index (χ3n) is 4.38. The van der Waals surface area contributed by atoms with Gasteiger partial charge in [-0.3, -0.25) is 19.8 Å². The fourth-order valence-corrected chi connectivity index (χ4v) is 3.24. The van der Waals surface area contributed by atoms with Crippen molar-refractivity contribution in [2.45, 2.75) is 0 Å². The molecule has 142 valence electrons. The van der Waals surface area contributed by atoms with E-state index in [1.165, 1.54) is 12.1 Å². The number of nitro benzene ring substituents is 1. The van der Waals surface area contributed by atoms with E-state index in [9.17, 15) is 14.9 Å². The number of amidine groups is 1. The first-order valence-corrected chi connectivity index (χ1v) is 9.52. The molecule has 1 aliphatic heterocycles. The summed E-state index contributed by atoms with van der Waals surface area (Å²) in [5, 5.41) is 10.8. The highest BCUT2D eigenvalue weighted by molar-refractivity contribution is 9.10. The van der Waals surface area contributed by atoms with Crippen LogP contribution in [0.15, 0.2) is 94.0 Å². The molecule has 0 atom stereocenters. The lowest BCUT2D eigenvalue weighted by Crippen LogP contribution is -2.32. The van der Waals surface area contributed by atoms with Crippen LogP contribution in [0.4, 0.5) is 11.4 Å². The first-order valence-electron chi connectivity index (χ1n) is 8.73. The number of carbonyl (C=O) groups is 1. The van der Waals surface area contributed by atoms with Gasteiger partial charge in [0.25, 0.3) is 11.6 Å². The maximum absolute atomic E-state index is 13.2. The van der Waals surface area contributed by atoms with Crippen molar-refractivity contribution in [1.82, 2.24) is 0 Å². The first-order chi connectivity index (χ1) is 14.0. The molecule has 4 rings (SSSR count). The SMILES string of the molecule is O=C1/C(=C\c2ccc([N+](=O)[O-])cc2)N=C(c2ccc(Br)cc2)N1c1ccccc1. The Morgan fingerprint density at radius 1 is 0.931 bits per heavy atom. The molecule has 1 heterocycles. The van der Waals surface area contributed by atoms with Crippen LogP contribution in [-0.2, 0) is 4.79 Å². The Labute approximate surface area is 175 Å². The number of hydrogen-bond acceptors (Lipinski definition) is 4. The number of para-hydroxylation sites is 1. The maximum atomic E-state index is 13.2. The lowest BCUT2D eigenvalue weighted by atomic mass is 10.1. The van der Waals surface area contributed by atoms with Gasteiger partial charge in [0.2, 0.25) is 0 Å². The molecule has 0 aromatic heterocycles. The van der Waals surface area contributed by atoms with Gasteiger partial charge < -0.3 is 0 Å². The normalized spacial score (nSPS) is 14.9. The second-order valence-corrected chi connectivity index (χ2v) is 7.21. The molecular weight excluding hydrogens is 434 g/mol. The largest absolute Gasteiger partial charge is 0.282 e. The number of rotatable bonds is 4. The monoisotopic (exact) mass is 447 g/mol. The van der Waals surface area contributed by atoms with Crippen LogP contribution in [0.2, 0.25) is 0 Å². The molecule has 6 nitrogen and oxygen atoms in total. The zero-order chi connectivity index (χ0) is 20.4. The summed E-state index contributed by atoms with van der Waals surface area (Å²) in [6, 6.07) is 22.9. The molecule has 29 heavy (non-hydrogen) atoms. The van der Waals surface area contributed by atoms with Crippen molar-refractivity contribution in [3.63, 3.8) is 0 Å². The van der Waals surface area contributed by atoms with E-state index in [1.54, 1.807) is 23.1 Å². The zero-order valence-corrected chi connectivity index (χ0v) is 16.6. The molecule has 0 aliphatic carbocycles. The summed E-state index contributed by atoms with van der Waals surface area (Å²) >= 11 is 3.42. The Hall–Kier alpha value is -3.58. The summed E-state index contributed by atoms with van der Waals surface area (Å²) in [5.74, 6) is 0.273. The van der Waals surface area contributed by atoms with Crippen LogP contribution in [0, 0.1) is 10.1 Å². The number of non-ortho nitro benzene ring substituents is 1. The van der Waals surface area contributed by atoms with Crippen LogP contribution in [0.5, 0.6) is 0 Å². The summed E-state index contributed by atoms with van der Waals surface area (Å²) in [7, 11) is 0. The maximum Gasteiger partial charge on any atom is 0.282 e. The molecule has 3 aromatic carbocycles. The highest BCUT2D eigenvalue weighted by Gasteiger charge is 2.32. The third kappa shape index (κ3) is 3.86. The highest BCUT2D eigenvalue weighted by Crippen LogP contribution is 2.28. The second kappa shape index (κ2) is 7.81. The topological polar surface area (TPSA) is 75.8 Å². The van der Waals surface area contributed by atoms with Gasteiger partial charge in [0.05, 0.1) is 10.6 Å².